The maximum atomic E-state index is 11.4. The summed E-state index contributed by atoms with van der Waals surface area (Å²) in [6.07, 6.45) is 4.20. The lowest BCUT2D eigenvalue weighted by Crippen LogP contribution is -2.30. The second kappa shape index (κ2) is 11.6. The van der Waals surface area contributed by atoms with Crippen LogP contribution in [0, 0.1) is 0 Å². The van der Waals surface area contributed by atoms with Gasteiger partial charge in [-0.3, -0.25) is 4.72 Å². The summed E-state index contributed by atoms with van der Waals surface area (Å²) >= 11 is 1.84. The Balaban J connectivity index is -0.000000400. The Morgan fingerprint density at radius 1 is 1.08 bits per heavy atom. The van der Waals surface area contributed by atoms with E-state index in [4.69, 9.17) is 4.72 Å². The first kappa shape index (κ1) is 28.0. The molecule has 1 aliphatic rings. The highest BCUT2D eigenvalue weighted by molar-refractivity contribution is 14.2. The van der Waals surface area contributed by atoms with Gasteiger partial charge in [0, 0.05) is 26.0 Å². The number of sulfonamides is 2. The molecular weight excluding hydrogens is 558 g/mol. The lowest BCUT2D eigenvalue weighted by atomic mass is 10.6. The number of hydrogen-bond donors (Lipinski definition) is 1. The number of hydrogen-bond acceptors (Lipinski definition) is 7. The lowest BCUT2D eigenvalue weighted by molar-refractivity contribution is -0.0444. The van der Waals surface area contributed by atoms with Crippen LogP contribution >= 0.6 is 31.0 Å². The largest absolute Gasteiger partial charge is 0.480 e. The van der Waals surface area contributed by atoms with E-state index in [1.165, 1.54) is 0 Å². The second-order valence-corrected chi connectivity index (χ2v) is 7.44. The van der Waals surface area contributed by atoms with Gasteiger partial charge in [-0.25, -0.2) is 16.8 Å². The topological polar surface area (TPSA) is 88.9 Å². The summed E-state index contributed by atoms with van der Waals surface area (Å²) in [7, 11) is -7.87. The zero-order valence-corrected chi connectivity index (χ0v) is 17.5. The van der Waals surface area contributed by atoms with Crippen molar-refractivity contribution < 1.29 is 47.9 Å². The molecule has 1 heterocycles. The lowest BCUT2D eigenvalue weighted by Gasteiger charge is -2.22. The third-order valence-corrected chi connectivity index (χ3v) is 4.86. The highest BCUT2D eigenvalue weighted by atomic mass is 127. The van der Waals surface area contributed by atoms with E-state index in [9.17, 15) is 43.2 Å². The molecule has 0 atom stereocenters. The molecule has 0 radical (unpaired) electrons. The van der Waals surface area contributed by atoms with Crippen molar-refractivity contribution in [1.82, 2.24) is 9.80 Å². The maximum Gasteiger partial charge on any atom is 0.480 e. The summed E-state index contributed by atoms with van der Waals surface area (Å²) in [5.41, 5.74) is -12.4. The average molecular weight is 574 g/mol. The zero-order valence-electron chi connectivity index (χ0n) is 13.8. The van der Waals surface area contributed by atoms with Crippen LogP contribution in [0.15, 0.2) is 12.4 Å². The van der Waals surface area contributed by atoms with E-state index in [0.717, 1.165) is 17.3 Å². The minimum Gasteiger partial charge on any atom is -0.421 e. The van der Waals surface area contributed by atoms with Gasteiger partial charge in [0.25, 0.3) is 1.45 Å². The normalized spacial score (nSPS) is 15.0. The van der Waals surface area contributed by atoms with Crippen molar-refractivity contribution in [3.8, 4) is 0 Å². The van der Waals surface area contributed by atoms with Crippen molar-refractivity contribution in [3.05, 3.63) is 16.5 Å². The molecule has 0 N–H and O–H groups in total. The first-order valence-electron chi connectivity index (χ1n) is 6.07. The molecule has 18 heteroatoms. The highest BCUT2D eigenvalue weighted by Gasteiger charge is 2.46. The Bertz CT molecular complexity index is 601. The van der Waals surface area contributed by atoms with Crippen molar-refractivity contribution in [3.63, 3.8) is 0 Å². The molecule has 0 saturated heterocycles. The van der Waals surface area contributed by atoms with Gasteiger partial charge < -0.3 is 13.9 Å². The molecule has 0 aliphatic carbocycles. The molecule has 0 fully saturated rings. The zero-order chi connectivity index (χ0) is 22.7. The van der Waals surface area contributed by atoms with Gasteiger partial charge in [-0.2, -0.15) is 26.3 Å². The van der Waals surface area contributed by atoms with Crippen LogP contribution in [-0.2, 0) is 20.0 Å². The van der Waals surface area contributed by atoms with Gasteiger partial charge in [0.15, 0.2) is 20.0 Å². The predicted octanol–water partition coefficient (Wildman–Crippen LogP) is 3.16. The summed E-state index contributed by atoms with van der Waals surface area (Å²) in [4.78, 5) is 4.41. The molecule has 0 bridgehead atoms. The predicted molar refractivity (Wildman–Crippen MR) is 93.0 cm³/mol. The molecule has 0 aromatic carbocycles. The van der Waals surface area contributed by atoms with Gasteiger partial charge in [-0.1, -0.05) is 0 Å². The fourth-order valence-electron chi connectivity index (χ4n) is 1.01. The van der Waals surface area contributed by atoms with Gasteiger partial charge in [0.1, 0.15) is 0 Å². The number of rotatable bonds is 3. The molecule has 160 valence electrons. The molecule has 0 aromatic heterocycles. The van der Waals surface area contributed by atoms with Gasteiger partial charge in [-0.05, 0) is 28.1 Å². The first-order valence-corrected chi connectivity index (χ1v) is 11.8. The van der Waals surface area contributed by atoms with Crippen LogP contribution in [0.2, 0.25) is 0 Å². The van der Waals surface area contributed by atoms with E-state index in [-0.39, 0.29) is 0 Å². The summed E-state index contributed by atoms with van der Waals surface area (Å²) in [5, 5.41) is 0. The summed E-state index contributed by atoms with van der Waals surface area (Å²) < 4.78 is 122. The van der Waals surface area contributed by atoms with E-state index in [0.29, 0.717) is 0 Å². The Labute approximate surface area is 164 Å². The Morgan fingerprint density at radius 3 is 1.58 bits per heavy atom. The number of thiol groups is 1. The van der Waals surface area contributed by atoms with Crippen LogP contribution in [-0.4, -0.2) is 59.4 Å². The van der Waals surface area contributed by atoms with Gasteiger partial charge in [-0.15, -0.1) is 9.80 Å². The highest BCUT2D eigenvalue weighted by Crippen LogP contribution is 2.36. The van der Waals surface area contributed by atoms with Crippen molar-refractivity contribution in [2.24, 2.45) is 0 Å². The van der Waals surface area contributed by atoms with E-state index >= 15 is 0 Å². The molecule has 1 rings (SSSR count). The second-order valence-electron chi connectivity index (χ2n) is 4.02. The number of halogens is 8. The van der Waals surface area contributed by atoms with Crippen LogP contribution in [0.5, 0.6) is 0 Å². The SMILES string of the molecule is CCN1C=CN(C)C1.O=S(=O)([N-]S(=O)(=O)C(F)(F)F)C(F)(F)F.SI.[3H]F. The van der Waals surface area contributed by atoms with Crippen molar-refractivity contribution in [1.29, 1.82) is 1.45 Å². The Hall–Kier alpha value is -0.210. The molecule has 0 aromatic rings. The van der Waals surface area contributed by atoms with Crippen LogP contribution in [0.25, 0.3) is 4.13 Å². The average Bonchev–Trinajstić information content (AvgIpc) is 2.94. The van der Waals surface area contributed by atoms with Crippen LogP contribution < -0.4 is 0 Å². The minimum atomic E-state index is -6.72. The molecular formula is C8H14F7IN3O4S3-. The van der Waals surface area contributed by atoms with Gasteiger partial charge in [0.05, 0.1) is 6.67 Å². The third kappa shape index (κ3) is 10.2. The Kier molecular flexibility index (Phi) is 12.5. The first-order chi connectivity index (χ1) is 12.0. The summed E-state index contributed by atoms with van der Waals surface area (Å²) in [5.74, 6) is 0. The molecule has 1 aliphatic heterocycles. The monoisotopic (exact) mass is 574 g/mol. The van der Waals surface area contributed by atoms with E-state index in [2.05, 4.69) is 47.4 Å². The quantitative estimate of drug-likeness (QED) is 0.317. The Morgan fingerprint density at radius 2 is 1.42 bits per heavy atom. The molecule has 0 spiro atoms. The summed E-state index contributed by atoms with van der Waals surface area (Å²) in [6, 6.07) is 0. The molecule has 26 heavy (non-hydrogen) atoms. The summed E-state index contributed by atoms with van der Waals surface area (Å²) in [6.45, 7) is 4.32. The third-order valence-electron chi connectivity index (χ3n) is 2.12. The van der Waals surface area contributed by atoms with Crippen molar-refractivity contribution in [2.45, 2.75) is 17.9 Å². The van der Waals surface area contributed by atoms with Gasteiger partial charge >= 0.3 is 11.0 Å². The fourth-order valence-corrected chi connectivity index (χ4v) is 2.72. The van der Waals surface area contributed by atoms with Crippen molar-refractivity contribution in [2.75, 3.05) is 20.3 Å². The number of alkyl halides is 6. The smallest absolute Gasteiger partial charge is 0.421 e. The minimum absolute atomic E-state index is 0.778. The molecule has 0 amide bonds. The van der Waals surface area contributed by atoms with Crippen LogP contribution in [0.3, 0.4) is 0 Å². The molecule has 0 saturated carbocycles. The van der Waals surface area contributed by atoms with Gasteiger partial charge in [0.2, 0.25) is 0 Å². The maximum absolute atomic E-state index is 11.4. The van der Waals surface area contributed by atoms with Crippen LogP contribution in [0.1, 0.15) is 6.92 Å². The van der Waals surface area contributed by atoms with E-state index in [1.807, 2.05) is 21.2 Å². The number of nitrogens with zero attached hydrogens (tertiary/aromatic N) is 3. The van der Waals surface area contributed by atoms with E-state index < -0.39 is 31.1 Å². The van der Waals surface area contributed by atoms with E-state index in [1.54, 1.807) is 0 Å². The van der Waals surface area contributed by atoms with Crippen molar-refractivity contribution >= 4 is 51.1 Å². The molecule has 0 unspecified atom stereocenters. The molecule has 7 nitrogen and oxygen atoms in total. The standard InChI is InChI=1S/C6H12N2.C2F6NO4S2.FH.HIS/c1-3-8-5-4-7(2)6-8;3-1(4,5)14(10,11)9-15(12,13)2(6,7)8;;1-2/h4-5H,3,6H2,1-2H3;;1H;2H/q;-1;;/i/hT. The van der Waals surface area contributed by atoms with Crippen LogP contribution in [0.4, 0.5) is 31.1 Å². The fraction of sp³-hybridized carbons (Fsp3) is 0.750.